The van der Waals surface area contributed by atoms with Crippen molar-refractivity contribution in [3.63, 3.8) is 0 Å². The summed E-state index contributed by atoms with van der Waals surface area (Å²) in [6, 6.07) is 19.3. The number of anilines is 2. The lowest BCUT2D eigenvalue weighted by Gasteiger charge is -2.30. The molecular weight excluding hydrogens is 384 g/mol. The standard InChI is InChI=1S/C27H38N2O2/c1-5-20(3)28(16-26-18-30-26)24-11-7-22(8-12-24)15-23-9-13-25(14-10-23)29(21(4)6-2)17-27-19-31-27/h7-14,20-21,26-27H,5-6,15-19H2,1-4H3. The lowest BCUT2D eigenvalue weighted by Crippen LogP contribution is -2.35. The third-order valence-corrected chi connectivity index (χ3v) is 6.80. The summed E-state index contributed by atoms with van der Waals surface area (Å²) in [5.41, 5.74) is 5.31. The van der Waals surface area contributed by atoms with E-state index in [0.29, 0.717) is 24.3 Å². The molecule has 0 radical (unpaired) electrons. The molecule has 0 aromatic heterocycles. The van der Waals surface area contributed by atoms with Gasteiger partial charge in [-0.15, -0.1) is 0 Å². The minimum absolute atomic E-state index is 0.411. The van der Waals surface area contributed by atoms with Gasteiger partial charge in [0, 0.05) is 36.5 Å². The topological polar surface area (TPSA) is 31.5 Å². The van der Waals surface area contributed by atoms with E-state index in [1.807, 2.05) is 0 Å². The molecule has 2 heterocycles. The minimum Gasteiger partial charge on any atom is -0.371 e. The number of benzene rings is 2. The number of hydrogen-bond acceptors (Lipinski definition) is 4. The van der Waals surface area contributed by atoms with E-state index >= 15 is 0 Å². The summed E-state index contributed by atoms with van der Waals surface area (Å²) in [5, 5.41) is 0. The highest BCUT2D eigenvalue weighted by Gasteiger charge is 2.28. The van der Waals surface area contributed by atoms with Crippen LogP contribution >= 0.6 is 0 Å². The Bertz CT molecular complexity index is 743. The summed E-state index contributed by atoms with van der Waals surface area (Å²) >= 11 is 0. The van der Waals surface area contributed by atoms with Gasteiger partial charge in [0.1, 0.15) is 0 Å². The average molecular weight is 423 g/mol. The predicted octanol–water partition coefficient (Wildman–Crippen LogP) is 5.28. The molecule has 4 atom stereocenters. The zero-order valence-corrected chi connectivity index (χ0v) is 19.6. The van der Waals surface area contributed by atoms with Crippen molar-refractivity contribution in [1.29, 1.82) is 0 Å². The van der Waals surface area contributed by atoms with E-state index in [2.05, 4.69) is 86.0 Å². The van der Waals surface area contributed by atoms with Crippen LogP contribution in [0.1, 0.15) is 51.7 Å². The van der Waals surface area contributed by atoms with Gasteiger partial charge < -0.3 is 19.3 Å². The number of nitrogens with zero attached hydrogens (tertiary/aromatic N) is 2. The zero-order chi connectivity index (χ0) is 21.8. The van der Waals surface area contributed by atoms with E-state index in [0.717, 1.165) is 45.6 Å². The highest BCUT2D eigenvalue weighted by Crippen LogP contribution is 2.26. The fourth-order valence-electron chi connectivity index (χ4n) is 4.15. The maximum Gasteiger partial charge on any atom is 0.0984 e. The normalized spacial score (nSPS) is 21.4. The van der Waals surface area contributed by atoms with Crippen LogP contribution in [-0.2, 0) is 15.9 Å². The second kappa shape index (κ2) is 10.1. The first kappa shape index (κ1) is 22.2. The Hall–Kier alpha value is -2.04. The van der Waals surface area contributed by atoms with Crippen LogP contribution in [0.5, 0.6) is 0 Å². The Morgan fingerprint density at radius 3 is 1.35 bits per heavy atom. The molecule has 0 saturated carbocycles. The number of rotatable bonds is 12. The van der Waals surface area contributed by atoms with Crippen molar-refractivity contribution in [3.8, 4) is 0 Å². The van der Waals surface area contributed by atoms with E-state index in [1.165, 1.54) is 22.5 Å². The maximum atomic E-state index is 5.48. The van der Waals surface area contributed by atoms with Gasteiger partial charge in [0.2, 0.25) is 0 Å². The van der Waals surface area contributed by atoms with Gasteiger partial charge in [0.25, 0.3) is 0 Å². The molecule has 4 heteroatoms. The summed E-state index contributed by atoms with van der Waals surface area (Å²) in [7, 11) is 0. The molecule has 31 heavy (non-hydrogen) atoms. The maximum absolute atomic E-state index is 5.48. The molecule has 0 aliphatic carbocycles. The molecule has 0 N–H and O–H groups in total. The second-order valence-corrected chi connectivity index (χ2v) is 9.24. The van der Waals surface area contributed by atoms with Crippen LogP contribution in [-0.4, -0.2) is 50.6 Å². The molecule has 0 spiro atoms. The van der Waals surface area contributed by atoms with E-state index < -0.39 is 0 Å². The van der Waals surface area contributed by atoms with Gasteiger partial charge in [0.15, 0.2) is 0 Å². The Balaban J connectivity index is 1.40. The van der Waals surface area contributed by atoms with E-state index in [9.17, 15) is 0 Å². The smallest absolute Gasteiger partial charge is 0.0984 e. The van der Waals surface area contributed by atoms with Crippen molar-refractivity contribution in [2.75, 3.05) is 36.1 Å². The van der Waals surface area contributed by atoms with Crippen molar-refractivity contribution < 1.29 is 9.47 Å². The Kier molecular flexibility index (Phi) is 7.19. The Labute approximate surface area is 188 Å². The molecule has 0 amide bonds. The molecule has 4 unspecified atom stereocenters. The highest BCUT2D eigenvalue weighted by molar-refractivity contribution is 5.51. The average Bonchev–Trinajstić information content (AvgIpc) is 3.72. The highest BCUT2D eigenvalue weighted by atomic mass is 16.6. The molecule has 2 fully saturated rings. The van der Waals surface area contributed by atoms with Gasteiger partial charge in [0.05, 0.1) is 25.4 Å². The third kappa shape index (κ3) is 6.02. The van der Waals surface area contributed by atoms with Crippen LogP contribution in [0.3, 0.4) is 0 Å². The molecule has 2 saturated heterocycles. The summed E-state index contributed by atoms with van der Waals surface area (Å²) < 4.78 is 11.0. The van der Waals surface area contributed by atoms with Crippen LogP contribution in [0.2, 0.25) is 0 Å². The zero-order valence-electron chi connectivity index (χ0n) is 19.6. The van der Waals surface area contributed by atoms with Gasteiger partial charge in [-0.05, 0) is 68.5 Å². The largest absolute Gasteiger partial charge is 0.371 e. The van der Waals surface area contributed by atoms with Crippen molar-refractivity contribution in [2.24, 2.45) is 0 Å². The van der Waals surface area contributed by atoms with Gasteiger partial charge in [-0.1, -0.05) is 38.1 Å². The molecule has 0 bridgehead atoms. The Morgan fingerprint density at radius 1 is 0.710 bits per heavy atom. The number of epoxide rings is 2. The Morgan fingerprint density at radius 2 is 1.06 bits per heavy atom. The molecule has 2 aliphatic rings. The van der Waals surface area contributed by atoms with Gasteiger partial charge in [-0.2, -0.15) is 0 Å². The summed E-state index contributed by atoms with van der Waals surface area (Å²) in [5.74, 6) is 0. The van der Waals surface area contributed by atoms with Crippen LogP contribution in [0.25, 0.3) is 0 Å². The van der Waals surface area contributed by atoms with Crippen LogP contribution < -0.4 is 9.80 Å². The molecule has 2 aromatic carbocycles. The minimum atomic E-state index is 0.411. The SMILES string of the molecule is CCC(C)N(CC1CO1)c1ccc(Cc2ccc(N(CC3CO3)C(C)CC)cc2)cc1. The number of ether oxygens (including phenoxy) is 2. The van der Waals surface area contributed by atoms with Crippen LogP contribution in [0.15, 0.2) is 48.5 Å². The van der Waals surface area contributed by atoms with Crippen LogP contribution in [0, 0.1) is 0 Å². The van der Waals surface area contributed by atoms with Crippen LogP contribution in [0.4, 0.5) is 11.4 Å². The van der Waals surface area contributed by atoms with Crippen molar-refractivity contribution in [2.45, 2.75) is 71.2 Å². The van der Waals surface area contributed by atoms with E-state index in [4.69, 9.17) is 9.47 Å². The quantitative estimate of drug-likeness (QED) is 0.435. The van der Waals surface area contributed by atoms with E-state index in [1.54, 1.807) is 0 Å². The first-order valence-electron chi connectivity index (χ1n) is 12.0. The molecular formula is C27H38N2O2. The van der Waals surface area contributed by atoms with Crippen molar-refractivity contribution >= 4 is 11.4 Å². The summed E-state index contributed by atoms with van der Waals surface area (Å²) in [4.78, 5) is 4.98. The predicted molar refractivity (Wildman–Crippen MR) is 129 cm³/mol. The van der Waals surface area contributed by atoms with E-state index in [-0.39, 0.29) is 0 Å². The number of hydrogen-bond donors (Lipinski definition) is 0. The fourth-order valence-corrected chi connectivity index (χ4v) is 4.15. The fraction of sp³-hybridized carbons (Fsp3) is 0.556. The molecule has 2 aromatic rings. The summed E-state index contributed by atoms with van der Waals surface area (Å²) in [6.45, 7) is 12.9. The molecule has 168 valence electrons. The first-order valence-corrected chi connectivity index (χ1v) is 12.0. The van der Waals surface area contributed by atoms with Crippen molar-refractivity contribution in [3.05, 3.63) is 59.7 Å². The molecule has 4 nitrogen and oxygen atoms in total. The lowest BCUT2D eigenvalue weighted by atomic mass is 10.0. The molecule has 4 rings (SSSR count). The first-order chi connectivity index (χ1) is 15.1. The third-order valence-electron chi connectivity index (χ3n) is 6.80. The monoisotopic (exact) mass is 422 g/mol. The molecule has 2 aliphatic heterocycles. The van der Waals surface area contributed by atoms with Gasteiger partial charge in [-0.25, -0.2) is 0 Å². The van der Waals surface area contributed by atoms with Gasteiger partial charge >= 0.3 is 0 Å². The van der Waals surface area contributed by atoms with Crippen molar-refractivity contribution in [1.82, 2.24) is 0 Å². The second-order valence-electron chi connectivity index (χ2n) is 9.24. The van der Waals surface area contributed by atoms with Gasteiger partial charge in [-0.3, -0.25) is 0 Å². The lowest BCUT2D eigenvalue weighted by molar-refractivity contribution is 0.401. The summed E-state index contributed by atoms with van der Waals surface area (Å²) in [6.07, 6.45) is 4.07.